The van der Waals surface area contributed by atoms with Crippen LogP contribution in [0, 0.1) is 0 Å². The zero-order valence-corrected chi connectivity index (χ0v) is 16.1. The predicted octanol–water partition coefficient (Wildman–Crippen LogP) is 3.72. The molecule has 3 aliphatic rings. The van der Waals surface area contributed by atoms with Crippen molar-refractivity contribution in [2.45, 2.75) is 38.1 Å². The predicted molar refractivity (Wildman–Crippen MR) is 108 cm³/mol. The van der Waals surface area contributed by atoms with Crippen LogP contribution < -0.4 is 14.8 Å². The first kappa shape index (κ1) is 17.6. The van der Waals surface area contributed by atoms with E-state index in [1.807, 2.05) is 12.1 Å². The van der Waals surface area contributed by atoms with Crippen LogP contribution in [0.2, 0.25) is 0 Å². The molecule has 1 amide bonds. The molecule has 5 nitrogen and oxygen atoms in total. The van der Waals surface area contributed by atoms with Crippen LogP contribution in [-0.4, -0.2) is 37.1 Å². The number of ether oxygens (including phenoxy) is 2. The number of benzene rings is 2. The van der Waals surface area contributed by atoms with Gasteiger partial charge in [-0.1, -0.05) is 12.1 Å². The van der Waals surface area contributed by atoms with Gasteiger partial charge < -0.3 is 14.8 Å². The van der Waals surface area contributed by atoms with Gasteiger partial charge in [0.25, 0.3) is 0 Å². The second kappa shape index (κ2) is 7.47. The molecular weight excluding hydrogens is 352 g/mol. The van der Waals surface area contributed by atoms with Crippen molar-refractivity contribution in [3.8, 4) is 11.5 Å². The number of fused-ring (bicyclic) bond motifs is 2. The molecule has 2 heterocycles. The minimum absolute atomic E-state index is 0.0578. The second-order valence-electron chi connectivity index (χ2n) is 7.92. The summed E-state index contributed by atoms with van der Waals surface area (Å²) >= 11 is 0. The second-order valence-corrected chi connectivity index (χ2v) is 7.92. The molecule has 1 N–H and O–H groups in total. The fourth-order valence-corrected chi connectivity index (χ4v) is 4.69. The van der Waals surface area contributed by atoms with E-state index < -0.39 is 0 Å². The highest BCUT2D eigenvalue weighted by molar-refractivity contribution is 5.92. The number of hydrogen-bond acceptors (Lipinski definition) is 4. The van der Waals surface area contributed by atoms with Gasteiger partial charge in [0.1, 0.15) is 13.2 Å². The minimum Gasteiger partial charge on any atom is -0.486 e. The molecule has 0 spiro atoms. The lowest BCUT2D eigenvalue weighted by atomic mass is 10.0. The van der Waals surface area contributed by atoms with Crippen molar-refractivity contribution >= 4 is 11.6 Å². The van der Waals surface area contributed by atoms with Gasteiger partial charge in [0.15, 0.2) is 11.5 Å². The zero-order chi connectivity index (χ0) is 18.9. The van der Waals surface area contributed by atoms with E-state index in [1.54, 1.807) is 0 Å². The van der Waals surface area contributed by atoms with Crippen LogP contribution >= 0.6 is 0 Å². The number of aryl methyl sites for hydroxylation is 2. The van der Waals surface area contributed by atoms with Gasteiger partial charge >= 0.3 is 0 Å². The van der Waals surface area contributed by atoms with Crippen LogP contribution in [0.15, 0.2) is 36.4 Å². The molecular formula is C23H26N2O3. The third kappa shape index (κ3) is 3.47. The average molecular weight is 378 g/mol. The summed E-state index contributed by atoms with van der Waals surface area (Å²) in [5, 5.41) is 3.10. The summed E-state index contributed by atoms with van der Waals surface area (Å²) in [6.45, 7) is 2.55. The molecule has 2 aromatic carbocycles. The molecule has 0 aromatic heterocycles. The molecule has 5 heteroatoms. The molecule has 1 aliphatic carbocycles. The van der Waals surface area contributed by atoms with Gasteiger partial charge in [-0.05, 0) is 79.6 Å². The molecule has 1 unspecified atom stereocenters. The molecule has 1 atom stereocenters. The number of hydrogen-bond donors (Lipinski definition) is 1. The molecule has 28 heavy (non-hydrogen) atoms. The van der Waals surface area contributed by atoms with Crippen LogP contribution in [-0.2, 0) is 17.6 Å². The molecule has 2 aliphatic heterocycles. The van der Waals surface area contributed by atoms with Gasteiger partial charge in [-0.25, -0.2) is 0 Å². The standard InChI is InChI=1S/C23H26N2O3/c26-23(24-19-8-6-16-3-1-4-17(16)13-19)15-25-10-2-5-20(25)18-7-9-21-22(14-18)28-12-11-27-21/h6-9,13-14,20H,1-5,10-12,15H2,(H,24,26). The van der Waals surface area contributed by atoms with Crippen LogP contribution in [0.3, 0.4) is 0 Å². The normalized spacial score (nSPS) is 20.8. The first-order valence-corrected chi connectivity index (χ1v) is 10.3. The number of carbonyl (C=O) groups excluding carboxylic acids is 1. The first-order chi connectivity index (χ1) is 13.8. The summed E-state index contributed by atoms with van der Waals surface area (Å²) in [6.07, 6.45) is 5.67. The number of carbonyl (C=O) groups is 1. The van der Waals surface area contributed by atoms with E-state index in [2.05, 4.69) is 34.5 Å². The van der Waals surface area contributed by atoms with E-state index in [0.29, 0.717) is 19.8 Å². The number of likely N-dealkylation sites (tertiary alicyclic amines) is 1. The van der Waals surface area contributed by atoms with Crippen molar-refractivity contribution in [3.63, 3.8) is 0 Å². The number of anilines is 1. The van der Waals surface area contributed by atoms with Crippen molar-refractivity contribution in [3.05, 3.63) is 53.1 Å². The van der Waals surface area contributed by atoms with E-state index in [4.69, 9.17) is 9.47 Å². The van der Waals surface area contributed by atoms with Crippen LogP contribution in [0.5, 0.6) is 11.5 Å². The Labute approximate surface area is 165 Å². The maximum atomic E-state index is 12.7. The van der Waals surface area contributed by atoms with Crippen LogP contribution in [0.25, 0.3) is 0 Å². The monoisotopic (exact) mass is 378 g/mol. The summed E-state index contributed by atoms with van der Waals surface area (Å²) in [5.74, 6) is 1.69. The molecule has 0 bridgehead atoms. The van der Waals surface area contributed by atoms with E-state index in [9.17, 15) is 4.79 Å². The quantitative estimate of drug-likeness (QED) is 0.881. The van der Waals surface area contributed by atoms with Crippen molar-refractivity contribution in [2.24, 2.45) is 0 Å². The van der Waals surface area contributed by atoms with Crippen LogP contribution in [0.1, 0.15) is 42.0 Å². The number of rotatable bonds is 4. The molecule has 1 fully saturated rings. The fraction of sp³-hybridized carbons (Fsp3) is 0.435. The highest BCUT2D eigenvalue weighted by Crippen LogP contribution is 2.38. The minimum atomic E-state index is 0.0578. The summed E-state index contributed by atoms with van der Waals surface area (Å²) in [4.78, 5) is 15.0. The maximum absolute atomic E-state index is 12.7. The maximum Gasteiger partial charge on any atom is 0.238 e. The van der Waals surface area contributed by atoms with E-state index in [1.165, 1.54) is 23.1 Å². The molecule has 5 rings (SSSR count). The molecule has 146 valence electrons. The average Bonchev–Trinajstić information content (AvgIpc) is 3.36. The van der Waals surface area contributed by atoms with Gasteiger partial charge in [0.05, 0.1) is 6.54 Å². The third-order valence-electron chi connectivity index (χ3n) is 6.04. The van der Waals surface area contributed by atoms with Gasteiger partial charge in [0.2, 0.25) is 5.91 Å². The summed E-state index contributed by atoms with van der Waals surface area (Å²) in [7, 11) is 0. The Hall–Kier alpha value is -2.53. The van der Waals surface area contributed by atoms with Crippen molar-refractivity contribution in [2.75, 3.05) is 31.6 Å². The smallest absolute Gasteiger partial charge is 0.238 e. The number of amides is 1. The Balaban J connectivity index is 1.26. The SMILES string of the molecule is O=C(CN1CCCC1c1ccc2c(c1)OCCO2)Nc1ccc2c(c1)CCC2. The van der Waals surface area contributed by atoms with E-state index in [0.717, 1.165) is 49.4 Å². The lowest BCUT2D eigenvalue weighted by Crippen LogP contribution is -2.33. The van der Waals surface area contributed by atoms with Crippen molar-refractivity contribution < 1.29 is 14.3 Å². The highest BCUT2D eigenvalue weighted by Gasteiger charge is 2.29. The van der Waals surface area contributed by atoms with Gasteiger partial charge in [-0.2, -0.15) is 0 Å². The Morgan fingerprint density at radius 2 is 1.86 bits per heavy atom. The largest absolute Gasteiger partial charge is 0.486 e. The van der Waals surface area contributed by atoms with Crippen molar-refractivity contribution in [1.82, 2.24) is 4.90 Å². The van der Waals surface area contributed by atoms with Crippen molar-refractivity contribution in [1.29, 1.82) is 0 Å². The zero-order valence-electron chi connectivity index (χ0n) is 16.1. The van der Waals surface area contributed by atoms with Gasteiger partial charge in [-0.3, -0.25) is 9.69 Å². The lowest BCUT2D eigenvalue weighted by molar-refractivity contribution is -0.117. The number of nitrogens with zero attached hydrogens (tertiary/aromatic N) is 1. The molecule has 0 saturated carbocycles. The molecule has 0 radical (unpaired) electrons. The topological polar surface area (TPSA) is 50.8 Å². The summed E-state index contributed by atoms with van der Waals surface area (Å²) in [6, 6.07) is 12.8. The van der Waals surface area contributed by atoms with Gasteiger partial charge in [0, 0.05) is 11.7 Å². The first-order valence-electron chi connectivity index (χ1n) is 10.3. The van der Waals surface area contributed by atoms with E-state index in [-0.39, 0.29) is 11.9 Å². The Morgan fingerprint density at radius 3 is 2.79 bits per heavy atom. The van der Waals surface area contributed by atoms with Gasteiger partial charge in [-0.15, -0.1) is 0 Å². The Bertz CT molecular complexity index is 895. The van der Waals surface area contributed by atoms with E-state index >= 15 is 0 Å². The summed E-state index contributed by atoms with van der Waals surface area (Å²) in [5.41, 5.74) is 4.93. The lowest BCUT2D eigenvalue weighted by Gasteiger charge is -2.26. The molecule has 1 saturated heterocycles. The molecule has 2 aromatic rings. The highest BCUT2D eigenvalue weighted by atomic mass is 16.6. The van der Waals surface area contributed by atoms with Crippen LogP contribution in [0.4, 0.5) is 5.69 Å². The fourth-order valence-electron chi connectivity index (χ4n) is 4.69. The summed E-state index contributed by atoms with van der Waals surface area (Å²) < 4.78 is 11.4. The third-order valence-corrected chi connectivity index (χ3v) is 6.04. The number of nitrogens with one attached hydrogen (secondary N) is 1. The Morgan fingerprint density at radius 1 is 1.00 bits per heavy atom. The Kier molecular flexibility index (Phi) is 4.69.